The lowest BCUT2D eigenvalue weighted by Crippen LogP contribution is -2.07. The molecule has 0 bridgehead atoms. The van der Waals surface area contributed by atoms with Crippen LogP contribution in [-0.4, -0.2) is 14.9 Å². The van der Waals surface area contributed by atoms with Gasteiger partial charge < -0.3 is 5.11 Å². The molecule has 1 aromatic heterocycles. The average Bonchev–Trinajstić information content (AvgIpc) is 2.63. The van der Waals surface area contributed by atoms with E-state index < -0.39 is 6.10 Å². The summed E-state index contributed by atoms with van der Waals surface area (Å²) >= 11 is 3.41. The van der Waals surface area contributed by atoms with Gasteiger partial charge in [-0.3, -0.25) is 4.68 Å². The van der Waals surface area contributed by atoms with E-state index in [9.17, 15) is 5.11 Å². The zero-order chi connectivity index (χ0) is 11.7. The van der Waals surface area contributed by atoms with Crippen LogP contribution in [0.25, 0.3) is 0 Å². The maximum atomic E-state index is 10.3. The van der Waals surface area contributed by atoms with E-state index in [4.69, 9.17) is 0 Å². The first kappa shape index (κ1) is 11.4. The molecule has 0 spiro atoms. The van der Waals surface area contributed by atoms with E-state index in [1.807, 2.05) is 38.2 Å². The number of benzene rings is 1. The monoisotopic (exact) mass is 280 g/mol. The van der Waals surface area contributed by atoms with Gasteiger partial charge >= 0.3 is 0 Å². The van der Waals surface area contributed by atoms with Crippen LogP contribution in [0.5, 0.6) is 0 Å². The van der Waals surface area contributed by atoms with Crippen LogP contribution in [0.1, 0.15) is 22.9 Å². The van der Waals surface area contributed by atoms with Crippen LogP contribution < -0.4 is 0 Å². The van der Waals surface area contributed by atoms with Crippen molar-refractivity contribution in [2.75, 3.05) is 0 Å². The van der Waals surface area contributed by atoms with Gasteiger partial charge in [0.15, 0.2) is 0 Å². The fourth-order valence-electron chi connectivity index (χ4n) is 1.76. The zero-order valence-corrected chi connectivity index (χ0v) is 10.8. The lowest BCUT2D eigenvalue weighted by atomic mass is 10.0. The van der Waals surface area contributed by atoms with Crippen molar-refractivity contribution in [3.8, 4) is 0 Å². The van der Waals surface area contributed by atoms with Gasteiger partial charge in [-0.1, -0.05) is 22.0 Å². The Balaban J connectivity index is 2.41. The lowest BCUT2D eigenvalue weighted by molar-refractivity contribution is 0.209. The molecule has 1 atom stereocenters. The van der Waals surface area contributed by atoms with Gasteiger partial charge in [-0.05, 0) is 36.2 Å². The molecular formula is C12H13BrN2O. The van der Waals surface area contributed by atoms with Gasteiger partial charge in [-0.2, -0.15) is 5.10 Å². The van der Waals surface area contributed by atoms with Gasteiger partial charge in [0.1, 0.15) is 6.10 Å². The molecule has 0 fully saturated rings. The molecule has 0 saturated carbocycles. The summed E-state index contributed by atoms with van der Waals surface area (Å²) in [6, 6.07) is 7.68. The second kappa shape index (κ2) is 4.39. The maximum Gasteiger partial charge on any atom is 0.121 e. The van der Waals surface area contributed by atoms with Gasteiger partial charge in [-0.25, -0.2) is 0 Å². The number of aliphatic hydroxyl groups is 1. The largest absolute Gasteiger partial charge is 0.382 e. The molecule has 0 aliphatic rings. The minimum Gasteiger partial charge on any atom is -0.382 e. The highest BCUT2D eigenvalue weighted by Crippen LogP contribution is 2.26. The minimum atomic E-state index is -0.624. The van der Waals surface area contributed by atoms with Crippen LogP contribution in [0.15, 0.2) is 34.9 Å². The molecule has 1 aromatic carbocycles. The van der Waals surface area contributed by atoms with Crippen molar-refractivity contribution in [3.05, 3.63) is 51.8 Å². The number of aryl methyl sites for hydroxylation is 2. The maximum absolute atomic E-state index is 10.3. The third-order valence-electron chi connectivity index (χ3n) is 2.67. The summed E-state index contributed by atoms with van der Waals surface area (Å²) in [5.41, 5.74) is 2.76. The van der Waals surface area contributed by atoms with E-state index in [0.29, 0.717) is 0 Å². The SMILES string of the molecule is Cc1cc(Br)ccc1C(O)c1ccnn1C. The van der Waals surface area contributed by atoms with Crippen LogP contribution in [0.4, 0.5) is 0 Å². The van der Waals surface area contributed by atoms with Crippen molar-refractivity contribution in [2.45, 2.75) is 13.0 Å². The number of halogens is 1. The first-order chi connectivity index (χ1) is 7.59. The van der Waals surface area contributed by atoms with Gasteiger partial charge in [-0.15, -0.1) is 0 Å². The summed E-state index contributed by atoms with van der Waals surface area (Å²) in [7, 11) is 1.83. The van der Waals surface area contributed by atoms with Crippen molar-refractivity contribution in [1.82, 2.24) is 9.78 Å². The van der Waals surface area contributed by atoms with Crippen LogP contribution in [-0.2, 0) is 7.05 Å². The number of aliphatic hydroxyl groups excluding tert-OH is 1. The van der Waals surface area contributed by atoms with Crippen LogP contribution >= 0.6 is 15.9 Å². The molecule has 0 saturated heterocycles. The van der Waals surface area contributed by atoms with E-state index in [1.165, 1.54) is 0 Å². The third kappa shape index (κ3) is 2.03. The summed E-state index contributed by atoms with van der Waals surface area (Å²) in [4.78, 5) is 0. The summed E-state index contributed by atoms with van der Waals surface area (Å²) in [6.45, 7) is 1.99. The molecule has 1 N–H and O–H groups in total. The van der Waals surface area contributed by atoms with E-state index in [0.717, 1.165) is 21.3 Å². The van der Waals surface area contributed by atoms with Gasteiger partial charge in [0.05, 0.1) is 5.69 Å². The smallest absolute Gasteiger partial charge is 0.121 e. The fourth-order valence-corrected chi connectivity index (χ4v) is 2.23. The molecule has 1 unspecified atom stereocenters. The molecule has 3 nitrogen and oxygen atoms in total. The number of hydrogen-bond donors (Lipinski definition) is 1. The highest BCUT2D eigenvalue weighted by atomic mass is 79.9. The molecule has 0 aliphatic carbocycles. The van der Waals surface area contributed by atoms with Gasteiger partial charge in [0.2, 0.25) is 0 Å². The Morgan fingerprint density at radius 3 is 2.69 bits per heavy atom. The lowest BCUT2D eigenvalue weighted by Gasteiger charge is -2.14. The van der Waals surface area contributed by atoms with Crippen molar-refractivity contribution >= 4 is 15.9 Å². The van der Waals surface area contributed by atoms with Crippen LogP contribution in [0, 0.1) is 6.92 Å². The zero-order valence-electron chi connectivity index (χ0n) is 9.18. The minimum absolute atomic E-state index is 0.624. The Kier molecular flexibility index (Phi) is 3.12. The predicted molar refractivity (Wildman–Crippen MR) is 66.1 cm³/mol. The van der Waals surface area contributed by atoms with Crippen molar-refractivity contribution < 1.29 is 5.11 Å². The van der Waals surface area contributed by atoms with Crippen molar-refractivity contribution in [3.63, 3.8) is 0 Å². The van der Waals surface area contributed by atoms with E-state index in [1.54, 1.807) is 10.9 Å². The molecule has 16 heavy (non-hydrogen) atoms. The average molecular weight is 281 g/mol. The standard InChI is InChI=1S/C12H13BrN2O/c1-8-7-9(13)3-4-10(8)12(16)11-5-6-14-15(11)2/h3-7,12,16H,1-2H3. The Bertz CT molecular complexity index is 507. The van der Waals surface area contributed by atoms with Crippen LogP contribution in [0.3, 0.4) is 0 Å². The van der Waals surface area contributed by atoms with E-state index in [2.05, 4.69) is 21.0 Å². The first-order valence-corrected chi connectivity index (χ1v) is 5.81. The second-order valence-corrected chi connectivity index (χ2v) is 4.70. The molecule has 1 heterocycles. The highest BCUT2D eigenvalue weighted by Gasteiger charge is 2.15. The van der Waals surface area contributed by atoms with Crippen molar-refractivity contribution in [1.29, 1.82) is 0 Å². The molecule has 2 aromatic rings. The Morgan fingerprint density at radius 2 is 2.12 bits per heavy atom. The number of hydrogen-bond acceptors (Lipinski definition) is 2. The van der Waals surface area contributed by atoms with Crippen LogP contribution in [0.2, 0.25) is 0 Å². The molecule has 0 amide bonds. The molecule has 2 rings (SSSR count). The molecule has 84 valence electrons. The Labute approximate surface area is 103 Å². The highest BCUT2D eigenvalue weighted by molar-refractivity contribution is 9.10. The normalized spacial score (nSPS) is 12.8. The molecule has 0 aliphatic heterocycles. The molecular weight excluding hydrogens is 268 g/mol. The fraction of sp³-hybridized carbons (Fsp3) is 0.250. The number of nitrogens with zero attached hydrogens (tertiary/aromatic N) is 2. The molecule has 0 radical (unpaired) electrons. The topological polar surface area (TPSA) is 38.1 Å². The molecule has 4 heteroatoms. The summed E-state index contributed by atoms with van der Waals surface area (Å²) < 4.78 is 2.71. The van der Waals surface area contributed by atoms with Gasteiger partial charge in [0.25, 0.3) is 0 Å². The first-order valence-electron chi connectivity index (χ1n) is 5.01. The summed E-state index contributed by atoms with van der Waals surface area (Å²) in [5, 5.41) is 14.3. The number of aromatic nitrogens is 2. The Morgan fingerprint density at radius 1 is 1.38 bits per heavy atom. The second-order valence-electron chi connectivity index (χ2n) is 3.78. The number of rotatable bonds is 2. The van der Waals surface area contributed by atoms with Gasteiger partial charge in [0, 0.05) is 17.7 Å². The quantitative estimate of drug-likeness (QED) is 0.918. The Hall–Kier alpha value is -1.13. The third-order valence-corrected chi connectivity index (χ3v) is 3.16. The summed E-state index contributed by atoms with van der Waals surface area (Å²) in [5.74, 6) is 0. The summed E-state index contributed by atoms with van der Waals surface area (Å²) in [6.07, 6.45) is 1.06. The van der Waals surface area contributed by atoms with Crippen molar-refractivity contribution in [2.24, 2.45) is 7.05 Å². The van der Waals surface area contributed by atoms with E-state index >= 15 is 0 Å². The predicted octanol–water partition coefficient (Wildman–Crippen LogP) is 2.57. The van der Waals surface area contributed by atoms with E-state index in [-0.39, 0.29) is 0 Å².